The highest BCUT2D eigenvalue weighted by Gasteiger charge is 2.37. The summed E-state index contributed by atoms with van der Waals surface area (Å²) in [4.78, 5) is 21.5. The summed E-state index contributed by atoms with van der Waals surface area (Å²) in [7, 11) is 0. The highest BCUT2D eigenvalue weighted by molar-refractivity contribution is 6.08. The molecule has 2 amide bonds. The Hall–Kier alpha value is -1.36. The second-order valence-electron chi connectivity index (χ2n) is 2.53. The summed E-state index contributed by atoms with van der Waals surface area (Å²) < 4.78 is 0. The lowest BCUT2D eigenvalue weighted by Gasteiger charge is -2.20. The second-order valence-corrected chi connectivity index (χ2v) is 2.53. The van der Waals surface area contributed by atoms with Crippen molar-refractivity contribution in [1.29, 1.82) is 0 Å². The molecule has 0 aliphatic heterocycles. The maximum atomic E-state index is 10.7. The zero-order chi connectivity index (χ0) is 9.78. The number of allylic oxidation sites excluding steroid dienone is 1. The van der Waals surface area contributed by atoms with Crippen LogP contribution in [0, 0.1) is 0 Å². The molecule has 5 heteroatoms. The van der Waals surface area contributed by atoms with E-state index in [4.69, 9.17) is 17.2 Å². The van der Waals surface area contributed by atoms with Gasteiger partial charge in [0.2, 0.25) is 11.8 Å². The molecule has 0 rings (SSSR count). The van der Waals surface area contributed by atoms with Crippen molar-refractivity contribution in [2.24, 2.45) is 17.2 Å². The third-order valence-corrected chi connectivity index (χ3v) is 1.62. The fourth-order valence-corrected chi connectivity index (χ4v) is 0.698. The lowest BCUT2D eigenvalue weighted by molar-refractivity contribution is -0.133. The molecule has 12 heavy (non-hydrogen) atoms. The summed E-state index contributed by atoms with van der Waals surface area (Å²) >= 11 is 0. The van der Waals surface area contributed by atoms with E-state index in [9.17, 15) is 9.59 Å². The number of carbonyl (C=O) groups is 2. The molecular weight excluding hydrogens is 158 g/mol. The van der Waals surface area contributed by atoms with Crippen LogP contribution in [0.3, 0.4) is 0 Å². The van der Waals surface area contributed by atoms with E-state index < -0.39 is 17.4 Å². The summed E-state index contributed by atoms with van der Waals surface area (Å²) in [5, 5.41) is 0. The average Bonchev–Trinajstić information content (AvgIpc) is 1.99. The van der Waals surface area contributed by atoms with Gasteiger partial charge in [-0.1, -0.05) is 6.08 Å². The van der Waals surface area contributed by atoms with E-state index in [0.29, 0.717) is 6.42 Å². The standard InChI is InChI=1S/C7H13N3O2/c1-2-3-4-7(10,5(8)11)6(9)12/h2H,1,3-4,10H2,(H2,8,11)(H2,9,12). The molecule has 0 saturated heterocycles. The maximum absolute atomic E-state index is 10.7. The van der Waals surface area contributed by atoms with Crippen LogP contribution in [0.4, 0.5) is 0 Å². The molecule has 6 N–H and O–H groups in total. The van der Waals surface area contributed by atoms with Gasteiger partial charge in [0.1, 0.15) is 0 Å². The van der Waals surface area contributed by atoms with Crippen molar-refractivity contribution in [2.45, 2.75) is 18.4 Å². The molecule has 0 unspecified atom stereocenters. The summed E-state index contributed by atoms with van der Waals surface area (Å²) in [6.45, 7) is 3.42. The molecule has 0 fully saturated rings. The van der Waals surface area contributed by atoms with Crippen LogP contribution >= 0.6 is 0 Å². The van der Waals surface area contributed by atoms with Gasteiger partial charge in [0.15, 0.2) is 5.54 Å². The average molecular weight is 171 g/mol. The van der Waals surface area contributed by atoms with Crippen LogP contribution < -0.4 is 17.2 Å². The highest BCUT2D eigenvalue weighted by Crippen LogP contribution is 2.08. The first-order chi connectivity index (χ1) is 5.45. The molecule has 0 aromatic carbocycles. The van der Waals surface area contributed by atoms with Crippen LogP contribution in [0.15, 0.2) is 12.7 Å². The molecule has 0 aromatic rings. The number of hydrogen-bond acceptors (Lipinski definition) is 3. The first-order valence-corrected chi connectivity index (χ1v) is 3.44. The fourth-order valence-electron chi connectivity index (χ4n) is 0.698. The number of hydrogen-bond donors (Lipinski definition) is 3. The van der Waals surface area contributed by atoms with E-state index in [2.05, 4.69) is 6.58 Å². The predicted molar refractivity (Wildman–Crippen MR) is 44.7 cm³/mol. The molecule has 0 aliphatic carbocycles. The van der Waals surface area contributed by atoms with Crippen molar-refractivity contribution in [3.63, 3.8) is 0 Å². The minimum absolute atomic E-state index is 0.0984. The Morgan fingerprint density at radius 3 is 2.00 bits per heavy atom. The molecule has 0 saturated carbocycles. The van der Waals surface area contributed by atoms with Crippen LogP contribution in [0.2, 0.25) is 0 Å². The molecule has 0 atom stereocenters. The van der Waals surface area contributed by atoms with Crippen LogP contribution in [-0.2, 0) is 9.59 Å². The first kappa shape index (κ1) is 10.6. The Kier molecular flexibility index (Phi) is 3.43. The Morgan fingerprint density at radius 2 is 1.75 bits per heavy atom. The SMILES string of the molecule is C=CCCC(N)(C(N)=O)C(N)=O. The van der Waals surface area contributed by atoms with Gasteiger partial charge in [-0.15, -0.1) is 6.58 Å². The third kappa shape index (κ3) is 2.06. The normalized spacial score (nSPS) is 10.8. The smallest absolute Gasteiger partial charge is 0.247 e. The van der Waals surface area contributed by atoms with E-state index >= 15 is 0 Å². The highest BCUT2D eigenvalue weighted by atomic mass is 16.2. The minimum Gasteiger partial charge on any atom is -0.368 e. The van der Waals surface area contributed by atoms with Crippen LogP contribution in [0.1, 0.15) is 12.8 Å². The fraction of sp³-hybridized carbons (Fsp3) is 0.429. The first-order valence-electron chi connectivity index (χ1n) is 3.44. The van der Waals surface area contributed by atoms with Crippen molar-refractivity contribution in [3.8, 4) is 0 Å². The van der Waals surface area contributed by atoms with E-state index in [1.54, 1.807) is 0 Å². The van der Waals surface area contributed by atoms with Crippen molar-refractivity contribution in [1.82, 2.24) is 0 Å². The molecule has 0 aromatic heterocycles. The molecule has 5 nitrogen and oxygen atoms in total. The summed E-state index contributed by atoms with van der Waals surface area (Å²) in [5.41, 5.74) is 13.5. The van der Waals surface area contributed by atoms with Gasteiger partial charge in [0, 0.05) is 0 Å². The van der Waals surface area contributed by atoms with Gasteiger partial charge in [0.25, 0.3) is 0 Å². The lowest BCUT2D eigenvalue weighted by Crippen LogP contribution is -2.60. The number of nitrogens with two attached hydrogens (primary N) is 3. The zero-order valence-electron chi connectivity index (χ0n) is 6.75. The quantitative estimate of drug-likeness (QED) is 0.350. The van der Waals surface area contributed by atoms with Crippen molar-refractivity contribution < 1.29 is 9.59 Å². The number of primary amides is 2. The summed E-state index contributed by atoms with van der Waals surface area (Å²) in [6, 6.07) is 0. The Morgan fingerprint density at radius 1 is 1.33 bits per heavy atom. The van der Waals surface area contributed by atoms with Crippen LogP contribution in [0.25, 0.3) is 0 Å². The summed E-state index contributed by atoms with van der Waals surface area (Å²) in [5.74, 6) is -1.81. The van der Waals surface area contributed by atoms with Gasteiger partial charge in [-0.3, -0.25) is 9.59 Å². The minimum atomic E-state index is -1.74. The van der Waals surface area contributed by atoms with Gasteiger partial charge in [0.05, 0.1) is 0 Å². The lowest BCUT2D eigenvalue weighted by atomic mass is 9.93. The Bertz CT molecular complexity index is 199. The van der Waals surface area contributed by atoms with Gasteiger partial charge in [-0.05, 0) is 12.8 Å². The van der Waals surface area contributed by atoms with Crippen LogP contribution in [0.5, 0.6) is 0 Å². The van der Waals surface area contributed by atoms with Gasteiger partial charge < -0.3 is 17.2 Å². The number of amides is 2. The molecule has 0 spiro atoms. The van der Waals surface area contributed by atoms with Crippen molar-refractivity contribution in [3.05, 3.63) is 12.7 Å². The topological polar surface area (TPSA) is 112 Å². The third-order valence-electron chi connectivity index (χ3n) is 1.62. The molecule has 0 radical (unpaired) electrons. The molecule has 0 bridgehead atoms. The zero-order valence-corrected chi connectivity index (χ0v) is 6.75. The summed E-state index contributed by atoms with van der Waals surface area (Å²) in [6.07, 6.45) is 2.05. The van der Waals surface area contributed by atoms with Gasteiger partial charge >= 0.3 is 0 Å². The maximum Gasteiger partial charge on any atom is 0.247 e. The van der Waals surface area contributed by atoms with Crippen molar-refractivity contribution >= 4 is 11.8 Å². The second kappa shape index (κ2) is 3.87. The van der Waals surface area contributed by atoms with E-state index in [0.717, 1.165) is 0 Å². The molecule has 0 aliphatic rings. The van der Waals surface area contributed by atoms with E-state index in [-0.39, 0.29) is 6.42 Å². The number of carbonyl (C=O) groups excluding carboxylic acids is 2. The van der Waals surface area contributed by atoms with E-state index in [1.165, 1.54) is 6.08 Å². The van der Waals surface area contributed by atoms with Gasteiger partial charge in [-0.2, -0.15) is 0 Å². The monoisotopic (exact) mass is 171 g/mol. The van der Waals surface area contributed by atoms with E-state index in [1.807, 2.05) is 0 Å². The largest absolute Gasteiger partial charge is 0.368 e. The predicted octanol–water partition coefficient (Wildman–Crippen LogP) is -1.38. The Labute approximate surface area is 70.6 Å². The van der Waals surface area contributed by atoms with Crippen molar-refractivity contribution in [2.75, 3.05) is 0 Å². The Balaban J connectivity index is 4.50. The molecule has 68 valence electrons. The molecule has 0 heterocycles. The number of rotatable bonds is 5. The van der Waals surface area contributed by atoms with Gasteiger partial charge in [-0.25, -0.2) is 0 Å². The molecular formula is C7H13N3O2. The van der Waals surface area contributed by atoms with Crippen LogP contribution in [-0.4, -0.2) is 17.4 Å².